The van der Waals surface area contributed by atoms with Gasteiger partial charge in [0.2, 0.25) is 21.8 Å². The number of nitrogens with zero attached hydrogens (tertiary/aromatic N) is 2. The van der Waals surface area contributed by atoms with Crippen molar-refractivity contribution in [2.24, 2.45) is 0 Å². The van der Waals surface area contributed by atoms with E-state index in [-0.39, 0.29) is 37.7 Å². The number of anilines is 1. The second kappa shape index (κ2) is 12.7. The smallest absolute Gasteiger partial charge is 0.242 e. The van der Waals surface area contributed by atoms with E-state index in [1.165, 1.54) is 9.21 Å². The second-order valence-electron chi connectivity index (χ2n) is 8.61. The molecule has 0 saturated heterocycles. The van der Waals surface area contributed by atoms with Gasteiger partial charge >= 0.3 is 0 Å². The van der Waals surface area contributed by atoms with Gasteiger partial charge in [0.05, 0.1) is 22.0 Å². The number of rotatable bonds is 11. The molecule has 0 spiro atoms. The lowest BCUT2D eigenvalue weighted by molar-refractivity contribution is -0.140. The Morgan fingerprint density at radius 1 is 1.05 bits per heavy atom. The number of hydrogen-bond acceptors (Lipinski definition) is 6. The molecule has 0 saturated carbocycles. The highest BCUT2D eigenvalue weighted by atomic mass is 35.5. The van der Waals surface area contributed by atoms with Crippen LogP contribution in [0.25, 0.3) is 0 Å². The fourth-order valence-corrected chi connectivity index (χ4v) is 5.21. The van der Waals surface area contributed by atoms with Crippen molar-refractivity contribution in [3.05, 3.63) is 52.0 Å². The predicted octanol–water partition coefficient (Wildman–Crippen LogP) is 3.86. The molecule has 0 aromatic heterocycles. The SMILES string of the molecule is CCNC(=O)[C@H](C)N(Cc1ccc(Cl)c(Cl)c1)C(=O)CCCN(c1ccc2c(c1)OCCO2)S(C)(=O)=O. The molecule has 202 valence electrons. The highest BCUT2D eigenvalue weighted by Crippen LogP contribution is 2.35. The molecule has 1 aliphatic rings. The molecular weight excluding hydrogens is 541 g/mol. The molecule has 1 N–H and O–H groups in total. The summed E-state index contributed by atoms with van der Waals surface area (Å²) in [6, 6.07) is 9.21. The average molecular weight is 573 g/mol. The van der Waals surface area contributed by atoms with E-state index in [1.54, 1.807) is 50.2 Å². The maximum absolute atomic E-state index is 13.3. The van der Waals surface area contributed by atoms with Crippen molar-refractivity contribution in [1.29, 1.82) is 0 Å². The van der Waals surface area contributed by atoms with Crippen molar-refractivity contribution >= 4 is 50.7 Å². The van der Waals surface area contributed by atoms with Crippen LogP contribution in [0.2, 0.25) is 10.0 Å². The van der Waals surface area contributed by atoms with Crippen molar-refractivity contribution in [1.82, 2.24) is 10.2 Å². The summed E-state index contributed by atoms with van der Waals surface area (Å²) in [7, 11) is -3.64. The summed E-state index contributed by atoms with van der Waals surface area (Å²) in [5, 5.41) is 3.47. The minimum Gasteiger partial charge on any atom is -0.486 e. The lowest BCUT2D eigenvalue weighted by Crippen LogP contribution is -2.47. The van der Waals surface area contributed by atoms with Crippen LogP contribution in [0, 0.1) is 0 Å². The zero-order valence-electron chi connectivity index (χ0n) is 21.0. The van der Waals surface area contributed by atoms with Crippen LogP contribution in [0.15, 0.2) is 36.4 Å². The van der Waals surface area contributed by atoms with Crippen LogP contribution in [0.3, 0.4) is 0 Å². The van der Waals surface area contributed by atoms with Gasteiger partial charge in [-0.25, -0.2) is 8.42 Å². The molecule has 2 aromatic rings. The maximum Gasteiger partial charge on any atom is 0.242 e. The summed E-state index contributed by atoms with van der Waals surface area (Å²) in [5.41, 5.74) is 1.13. The number of nitrogens with one attached hydrogen (secondary N) is 1. The van der Waals surface area contributed by atoms with Crippen molar-refractivity contribution in [3.63, 3.8) is 0 Å². The number of amides is 2. The van der Waals surface area contributed by atoms with Gasteiger partial charge in [0.25, 0.3) is 0 Å². The summed E-state index contributed by atoms with van der Waals surface area (Å²) < 4.78 is 37.4. The van der Waals surface area contributed by atoms with Crippen LogP contribution in [-0.4, -0.2) is 63.7 Å². The zero-order chi connectivity index (χ0) is 27.2. The number of halogens is 2. The molecule has 1 heterocycles. The molecule has 2 amide bonds. The minimum atomic E-state index is -3.64. The summed E-state index contributed by atoms with van der Waals surface area (Å²) >= 11 is 12.2. The molecule has 1 aliphatic heterocycles. The van der Waals surface area contributed by atoms with Gasteiger partial charge in [-0.1, -0.05) is 29.3 Å². The molecule has 0 fully saturated rings. The van der Waals surface area contributed by atoms with Crippen LogP contribution < -0.4 is 19.1 Å². The average Bonchev–Trinajstić information content (AvgIpc) is 2.85. The van der Waals surface area contributed by atoms with Crippen LogP contribution in [0.1, 0.15) is 32.3 Å². The van der Waals surface area contributed by atoms with E-state index >= 15 is 0 Å². The first-order valence-electron chi connectivity index (χ1n) is 11.9. The van der Waals surface area contributed by atoms with Crippen LogP contribution in [0.4, 0.5) is 5.69 Å². The highest BCUT2D eigenvalue weighted by Gasteiger charge is 2.27. The van der Waals surface area contributed by atoms with Gasteiger partial charge in [0.15, 0.2) is 11.5 Å². The number of carbonyl (C=O) groups excluding carboxylic acids is 2. The number of carbonyl (C=O) groups is 2. The first-order chi connectivity index (χ1) is 17.5. The van der Waals surface area contributed by atoms with Gasteiger partial charge in [-0.3, -0.25) is 13.9 Å². The zero-order valence-corrected chi connectivity index (χ0v) is 23.3. The normalized spacial score (nSPS) is 13.5. The third-order valence-corrected chi connectivity index (χ3v) is 7.75. The van der Waals surface area contributed by atoms with E-state index < -0.39 is 16.1 Å². The maximum atomic E-state index is 13.3. The second-order valence-corrected chi connectivity index (χ2v) is 11.3. The summed E-state index contributed by atoms with van der Waals surface area (Å²) in [6.45, 7) is 4.90. The molecular formula is C25H31Cl2N3O6S. The predicted molar refractivity (Wildman–Crippen MR) is 144 cm³/mol. The number of sulfonamides is 1. The summed E-state index contributed by atoms with van der Waals surface area (Å²) in [5.74, 6) is 0.443. The van der Waals surface area contributed by atoms with Gasteiger partial charge in [0.1, 0.15) is 19.3 Å². The molecule has 0 aliphatic carbocycles. The molecule has 3 rings (SSSR count). The first-order valence-corrected chi connectivity index (χ1v) is 14.5. The van der Waals surface area contributed by atoms with Gasteiger partial charge in [0, 0.05) is 32.1 Å². The van der Waals surface area contributed by atoms with E-state index in [1.807, 2.05) is 0 Å². The van der Waals surface area contributed by atoms with Gasteiger partial charge < -0.3 is 19.7 Å². The Hall–Kier alpha value is -2.69. The number of hydrogen-bond donors (Lipinski definition) is 1. The van der Waals surface area contributed by atoms with E-state index in [9.17, 15) is 18.0 Å². The largest absolute Gasteiger partial charge is 0.486 e. The molecule has 9 nitrogen and oxygen atoms in total. The Balaban J connectivity index is 1.74. The van der Waals surface area contributed by atoms with E-state index in [4.69, 9.17) is 32.7 Å². The fraction of sp³-hybridized carbons (Fsp3) is 0.440. The van der Waals surface area contributed by atoms with Crippen molar-refractivity contribution < 1.29 is 27.5 Å². The lowest BCUT2D eigenvalue weighted by atomic mass is 10.1. The first kappa shape index (κ1) is 28.9. The highest BCUT2D eigenvalue weighted by molar-refractivity contribution is 7.92. The Kier molecular flexibility index (Phi) is 9.92. The molecule has 1 atom stereocenters. The molecule has 0 bridgehead atoms. The van der Waals surface area contributed by atoms with Gasteiger partial charge in [-0.2, -0.15) is 0 Å². The number of fused-ring (bicyclic) bond motifs is 1. The van der Waals surface area contributed by atoms with Crippen molar-refractivity contribution in [3.8, 4) is 11.5 Å². The van der Waals surface area contributed by atoms with E-state index in [0.29, 0.717) is 52.6 Å². The van der Waals surface area contributed by atoms with Crippen LogP contribution in [0.5, 0.6) is 11.5 Å². The molecule has 2 aromatic carbocycles. The topological polar surface area (TPSA) is 105 Å². The lowest BCUT2D eigenvalue weighted by Gasteiger charge is -2.29. The minimum absolute atomic E-state index is 0.0294. The van der Waals surface area contributed by atoms with E-state index in [2.05, 4.69) is 5.32 Å². The van der Waals surface area contributed by atoms with Crippen LogP contribution in [-0.2, 0) is 26.2 Å². The Morgan fingerprint density at radius 3 is 2.41 bits per heavy atom. The van der Waals surface area contributed by atoms with Crippen molar-refractivity contribution in [2.45, 2.75) is 39.3 Å². The van der Waals surface area contributed by atoms with E-state index in [0.717, 1.165) is 6.26 Å². The third kappa shape index (κ3) is 7.66. The van der Waals surface area contributed by atoms with Gasteiger partial charge in [-0.05, 0) is 50.1 Å². The number of ether oxygens (including phenoxy) is 2. The van der Waals surface area contributed by atoms with Crippen molar-refractivity contribution in [2.75, 3.05) is 36.9 Å². The summed E-state index contributed by atoms with van der Waals surface area (Å²) in [4.78, 5) is 27.3. The third-order valence-electron chi connectivity index (χ3n) is 5.82. The Bertz CT molecular complexity index is 1240. The summed E-state index contributed by atoms with van der Waals surface area (Å²) in [6.07, 6.45) is 1.38. The Labute approximate surface area is 227 Å². The van der Waals surface area contributed by atoms with Gasteiger partial charge in [-0.15, -0.1) is 0 Å². The molecule has 37 heavy (non-hydrogen) atoms. The fourth-order valence-electron chi connectivity index (χ4n) is 3.93. The molecule has 0 unspecified atom stereocenters. The monoisotopic (exact) mass is 571 g/mol. The molecule has 0 radical (unpaired) electrons. The number of likely N-dealkylation sites (N-methyl/N-ethyl adjacent to an activating group) is 1. The molecule has 12 heteroatoms. The van der Waals surface area contributed by atoms with Crippen LogP contribution >= 0.6 is 23.2 Å². The standard InChI is InChI=1S/C25H31Cl2N3O6S/c1-4-28-25(32)17(2)29(16-18-7-9-20(26)21(27)14-18)24(31)6-5-11-30(37(3,33)34)19-8-10-22-23(15-19)36-13-12-35-22/h7-10,14-15,17H,4-6,11-13,16H2,1-3H3,(H,28,32)/t17-/m0/s1. The quantitative estimate of drug-likeness (QED) is 0.439. The number of benzene rings is 2. The Morgan fingerprint density at radius 2 is 1.76 bits per heavy atom.